The van der Waals surface area contributed by atoms with Crippen LogP contribution in [0.25, 0.3) is 0 Å². The van der Waals surface area contributed by atoms with Crippen LogP contribution in [0.4, 0.5) is 0 Å². The quantitative estimate of drug-likeness (QED) is 0.0212. The van der Waals surface area contributed by atoms with E-state index in [1.54, 1.807) is 0 Å². The highest BCUT2D eigenvalue weighted by atomic mass is 31.2. The molecule has 0 saturated carbocycles. The highest BCUT2D eigenvalue weighted by Crippen LogP contribution is 2.38. The van der Waals surface area contributed by atoms with Crippen LogP contribution in [0, 0.1) is 0 Å². The van der Waals surface area contributed by atoms with E-state index in [0.717, 1.165) is 109 Å². The van der Waals surface area contributed by atoms with Crippen LogP contribution < -0.4 is 10.2 Å². The van der Waals surface area contributed by atoms with Gasteiger partial charge in [-0.1, -0.05) is 227 Å². The Labute approximate surface area is 462 Å². The second kappa shape index (κ2) is 54.3. The molecule has 0 aromatic heterocycles. The lowest BCUT2D eigenvalue weighted by Gasteiger charge is -2.30. The van der Waals surface area contributed by atoms with Gasteiger partial charge < -0.3 is 28.5 Å². The molecule has 3 unspecified atom stereocenters. The van der Waals surface area contributed by atoms with E-state index in [-0.39, 0.29) is 24.9 Å². The molecule has 0 rings (SSSR count). The van der Waals surface area contributed by atoms with Crippen molar-refractivity contribution < 1.29 is 37.3 Å². The summed E-state index contributed by atoms with van der Waals surface area (Å²) in [5.41, 5.74) is 0. The smallest absolute Gasteiger partial charge is 0.306 e. The predicted molar refractivity (Wildman–Crippen MR) is 321 cm³/mol. The number of likely N-dealkylation sites (N-methyl/N-ethyl adjacent to an activating group) is 1. The molecule has 0 fully saturated rings. The molecular weight excluding hydrogens is 952 g/mol. The van der Waals surface area contributed by atoms with E-state index in [4.69, 9.17) is 13.8 Å². The molecule has 3 atom stereocenters. The second-order valence-electron chi connectivity index (χ2n) is 21.5. The minimum absolute atomic E-state index is 0.0331. The minimum Gasteiger partial charge on any atom is -0.756 e. The van der Waals surface area contributed by atoms with Gasteiger partial charge in [-0.3, -0.25) is 14.2 Å². The van der Waals surface area contributed by atoms with Crippen LogP contribution in [0.3, 0.4) is 0 Å². The summed E-state index contributed by atoms with van der Waals surface area (Å²) in [6.07, 6.45) is 72.3. The maximum atomic E-state index is 13.5. The van der Waals surface area contributed by atoms with Crippen molar-refractivity contribution >= 4 is 19.7 Å². The van der Waals surface area contributed by atoms with Crippen molar-refractivity contribution in [1.82, 2.24) is 5.32 Å². The number of nitrogens with zero attached hydrogens (tertiary/aromatic N) is 1. The molecule has 0 aromatic rings. The third kappa shape index (κ3) is 55.5. The number of rotatable bonds is 54. The van der Waals surface area contributed by atoms with E-state index < -0.39 is 26.6 Å². The lowest BCUT2D eigenvalue weighted by molar-refractivity contribution is -0.870. The average molecular weight is 1070 g/mol. The summed E-state index contributed by atoms with van der Waals surface area (Å²) >= 11 is 0. The van der Waals surface area contributed by atoms with Crippen molar-refractivity contribution in [2.24, 2.45) is 0 Å². The van der Waals surface area contributed by atoms with Crippen LogP contribution in [0.15, 0.2) is 97.2 Å². The van der Waals surface area contributed by atoms with Gasteiger partial charge in [-0.15, -0.1) is 0 Å². The Bertz CT molecular complexity index is 1610. The lowest BCUT2D eigenvalue weighted by atomic mass is 10.0. The Balaban J connectivity index is 5.31. The van der Waals surface area contributed by atoms with E-state index in [1.165, 1.54) is 103 Å². The molecule has 0 aliphatic rings. The van der Waals surface area contributed by atoms with Crippen molar-refractivity contribution in [1.29, 1.82) is 0 Å². The van der Waals surface area contributed by atoms with Crippen molar-refractivity contribution in [3.05, 3.63) is 97.2 Å². The highest BCUT2D eigenvalue weighted by molar-refractivity contribution is 7.45. The van der Waals surface area contributed by atoms with Crippen LogP contribution in [0.5, 0.6) is 0 Å². The molecule has 0 aliphatic heterocycles. The Morgan fingerprint density at radius 1 is 0.480 bits per heavy atom. The number of hydrogen-bond donors (Lipinski definition) is 1. The van der Waals surface area contributed by atoms with Gasteiger partial charge in [0.05, 0.1) is 33.8 Å². The minimum atomic E-state index is -4.71. The van der Waals surface area contributed by atoms with Crippen molar-refractivity contribution in [3.63, 3.8) is 0 Å². The Hall–Kier alpha value is -3.07. The lowest BCUT2D eigenvalue weighted by Crippen LogP contribution is -2.47. The topological polar surface area (TPSA) is 114 Å². The summed E-state index contributed by atoms with van der Waals surface area (Å²) in [6.45, 7) is 6.67. The number of quaternary nitrogens is 1. The van der Waals surface area contributed by atoms with Gasteiger partial charge in [-0.2, -0.15) is 0 Å². The zero-order valence-electron chi connectivity index (χ0n) is 49.2. The van der Waals surface area contributed by atoms with Gasteiger partial charge in [0.25, 0.3) is 7.82 Å². The Morgan fingerprint density at radius 2 is 0.853 bits per heavy atom. The molecule has 9 nitrogen and oxygen atoms in total. The standard InChI is InChI=1S/C65H115N2O7P/c1-7-10-13-16-19-22-25-27-29-31-33-35-37-39-42-45-48-51-54-57-64(68)66-62(61-73-75(70,71)72-60-59-67(4,5)6)63(56-53-50-47-44-41-24-21-18-15-12-9-3)74-65(69)58-55-52-49-46-43-40-38-36-34-32-30-28-26-23-20-17-14-11-8-2/h11,14,19-20,22-23,27-30,34,36,40,43,53,56,62-63H,7-10,12-13,15-18,21,24-26,31-33,35,37-39,41-42,44-52,54-55,57-61H2,1-6H3,(H-,66,68,70,71)/b14-11-,22-19-,23-20-,29-27-,30-28-,36-34-,43-40-,56-53+. The maximum absolute atomic E-state index is 13.5. The van der Waals surface area contributed by atoms with Gasteiger partial charge in [0.15, 0.2) is 0 Å². The summed E-state index contributed by atoms with van der Waals surface area (Å²) in [4.78, 5) is 39.9. The fraction of sp³-hybridized carbons (Fsp3) is 0.723. The third-order valence-electron chi connectivity index (χ3n) is 13.0. The fourth-order valence-corrected chi connectivity index (χ4v) is 9.01. The molecule has 10 heteroatoms. The second-order valence-corrected chi connectivity index (χ2v) is 22.9. The van der Waals surface area contributed by atoms with Crippen LogP contribution in [-0.4, -0.2) is 69.4 Å². The van der Waals surface area contributed by atoms with E-state index in [0.29, 0.717) is 23.9 Å². The first-order chi connectivity index (χ1) is 36.4. The van der Waals surface area contributed by atoms with Crippen molar-refractivity contribution in [2.75, 3.05) is 40.9 Å². The van der Waals surface area contributed by atoms with Crippen molar-refractivity contribution in [2.45, 2.75) is 264 Å². The van der Waals surface area contributed by atoms with Gasteiger partial charge in [0, 0.05) is 12.8 Å². The van der Waals surface area contributed by atoms with Gasteiger partial charge in [-0.05, 0) is 109 Å². The molecule has 0 radical (unpaired) electrons. The summed E-state index contributed by atoms with van der Waals surface area (Å²) in [5, 5.41) is 3.01. The van der Waals surface area contributed by atoms with Crippen LogP contribution in [-0.2, 0) is 27.9 Å². The number of amides is 1. The maximum Gasteiger partial charge on any atom is 0.306 e. The summed E-state index contributed by atoms with van der Waals surface area (Å²) < 4.78 is 30.3. The molecule has 0 saturated heterocycles. The first-order valence-electron chi connectivity index (χ1n) is 30.5. The number of phosphoric acid groups is 1. The number of nitrogens with one attached hydrogen (secondary N) is 1. The molecule has 0 spiro atoms. The van der Waals surface area contributed by atoms with Crippen LogP contribution in [0.2, 0.25) is 0 Å². The van der Waals surface area contributed by atoms with Crippen molar-refractivity contribution in [3.8, 4) is 0 Å². The highest BCUT2D eigenvalue weighted by Gasteiger charge is 2.27. The third-order valence-corrected chi connectivity index (χ3v) is 14.0. The Kier molecular flexibility index (Phi) is 52.1. The van der Waals surface area contributed by atoms with Gasteiger partial charge in [0.2, 0.25) is 5.91 Å². The zero-order valence-corrected chi connectivity index (χ0v) is 50.1. The fourth-order valence-electron chi connectivity index (χ4n) is 8.28. The number of allylic oxidation sites excluding steroid dienone is 15. The number of carbonyl (C=O) groups is 2. The number of esters is 1. The van der Waals surface area contributed by atoms with Gasteiger partial charge in [-0.25, -0.2) is 0 Å². The monoisotopic (exact) mass is 1070 g/mol. The first-order valence-corrected chi connectivity index (χ1v) is 32.0. The molecule has 1 amide bonds. The largest absolute Gasteiger partial charge is 0.756 e. The number of phosphoric ester groups is 1. The summed E-state index contributed by atoms with van der Waals surface area (Å²) in [6, 6.07) is -0.909. The molecule has 0 aliphatic carbocycles. The molecule has 1 N–H and O–H groups in total. The molecule has 75 heavy (non-hydrogen) atoms. The van der Waals surface area contributed by atoms with Gasteiger partial charge in [0.1, 0.15) is 19.3 Å². The van der Waals surface area contributed by atoms with E-state index in [9.17, 15) is 19.0 Å². The first kappa shape index (κ1) is 71.9. The van der Waals surface area contributed by atoms with E-state index >= 15 is 0 Å². The van der Waals surface area contributed by atoms with Crippen LogP contribution in [0.1, 0.15) is 252 Å². The van der Waals surface area contributed by atoms with E-state index in [1.807, 2.05) is 33.3 Å². The molecule has 432 valence electrons. The number of unbranched alkanes of at least 4 members (excludes halogenated alkanes) is 24. The van der Waals surface area contributed by atoms with Crippen LogP contribution >= 0.6 is 7.82 Å². The number of carbonyl (C=O) groups excluding carboxylic acids is 2. The summed E-state index contributed by atoms with van der Waals surface area (Å²) in [7, 11) is 1.15. The number of hydrogen-bond acceptors (Lipinski definition) is 7. The normalized spacial score (nSPS) is 14.4. The molecular formula is C65H115N2O7P. The predicted octanol–water partition coefficient (Wildman–Crippen LogP) is 18.1. The van der Waals surface area contributed by atoms with E-state index in [2.05, 4.69) is 111 Å². The zero-order chi connectivity index (χ0) is 55.0. The molecule has 0 heterocycles. The Morgan fingerprint density at radius 3 is 1.32 bits per heavy atom. The average Bonchev–Trinajstić information content (AvgIpc) is 3.37. The van der Waals surface area contributed by atoms with Gasteiger partial charge >= 0.3 is 5.97 Å². The SMILES string of the molecule is CC/C=C\C/C=C\C/C=C\C/C=C\C/C=C\CCCCCC(=O)OC(/C=C/CCCCCCCCCCC)C(COP(=O)([O-])OCC[N+](C)(C)C)NC(=O)CCCCCCCCCCC/C=C\C/C=C\CCCCC. The molecule has 0 aromatic carbocycles. The summed E-state index contributed by atoms with van der Waals surface area (Å²) in [5.74, 6) is -0.588. The molecule has 0 bridgehead atoms. The number of ether oxygens (including phenoxy) is 1.